The SMILES string of the molecule is CCc1c(C(=O)O)nn(CC(=O)c2ccc(OC)cc2OC)c1-c1ccccn1. The molecule has 0 bridgehead atoms. The number of Topliss-reactive ketones (excluding diaryl/α,β-unsaturated/α-hetero) is 1. The number of pyridine rings is 1. The Kier molecular flexibility index (Phi) is 5.92. The second-order valence-electron chi connectivity index (χ2n) is 6.20. The van der Waals surface area contributed by atoms with Crippen LogP contribution in [0.2, 0.25) is 0 Å². The van der Waals surface area contributed by atoms with Gasteiger partial charge in [0.05, 0.1) is 31.2 Å². The maximum atomic E-state index is 13.0. The molecule has 8 nitrogen and oxygen atoms in total. The molecule has 0 radical (unpaired) electrons. The second-order valence-corrected chi connectivity index (χ2v) is 6.20. The minimum Gasteiger partial charge on any atom is -0.497 e. The molecule has 150 valence electrons. The summed E-state index contributed by atoms with van der Waals surface area (Å²) in [5.74, 6) is -0.487. The molecule has 0 saturated heterocycles. The van der Waals surface area contributed by atoms with E-state index in [1.807, 2.05) is 6.92 Å². The molecule has 3 rings (SSSR count). The van der Waals surface area contributed by atoms with E-state index in [4.69, 9.17) is 9.47 Å². The van der Waals surface area contributed by atoms with Crippen LogP contribution in [0.5, 0.6) is 11.5 Å². The van der Waals surface area contributed by atoms with Crippen molar-refractivity contribution in [3.05, 3.63) is 59.4 Å². The van der Waals surface area contributed by atoms with Gasteiger partial charge in [0.1, 0.15) is 18.0 Å². The number of carbonyl (C=O) groups is 2. The summed E-state index contributed by atoms with van der Waals surface area (Å²) in [6, 6.07) is 10.2. The minimum atomic E-state index is -1.15. The zero-order valence-corrected chi connectivity index (χ0v) is 16.4. The van der Waals surface area contributed by atoms with Crippen molar-refractivity contribution in [3.63, 3.8) is 0 Å². The summed E-state index contributed by atoms with van der Waals surface area (Å²) in [6.45, 7) is 1.68. The Morgan fingerprint density at radius 1 is 1.14 bits per heavy atom. The molecule has 0 fully saturated rings. The average Bonchev–Trinajstić information content (AvgIpc) is 3.12. The molecule has 0 saturated carbocycles. The summed E-state index contributed by atoms with van der Waals surface area (Å²) < 4.78 is 11.9. The predicted molar refractivity (Wildman–Crippen MR) is 106 cm³/mol. The van der Waals surface area contributed by atoms with Crippen LogP contribution in [0.25, 0.3) is 11.4 Å². The van der Waals surface area contributed by atoms with Crippen LogP contribution >= 0.6 is 0 Å². The third-order valence-corrected chi connectivity index (χ3v) is 4.52. The number of carboxylic acid groups (broad SMARTS) is 1. The lowest BCUT2D eigenvalue weighted by molar-refractivity contribution is 0.0687. The molecule has 29 heavy (non-hydrogen) atoms. The van der Waals surface area contributed by atoms with Gasteiger partial charge in [0.2, 0.25) is 0 Å². The minimum absolute atomic E-state index is 0.0809. The van der Waals surface area contributed by atoms with Gasteiger partial charge in [-0.2, -0.15) is 5.10 Å². The maximum Gasteiger partial charge on any atom is 0.356 e. The maximum absolute atomic E-state index is 13.0. The molecule has 0 atom stereocenters. The van der Waals surface area contributed by atoms with Gasteiger partial charge in [-0.15, -0.1) is 0 Å². The van der Waals surface area contributed by atoms with Crippen LogP contribution in [0.4, 0.5) is 0 Å². The Labute approximate surface area is 167 Å². The first-order valence-electron chi connectivity index (χ1n) is 8.99. The monoisotopic (exact) mass is 395 g/mol. The number of carboxylic acids is 1. The number of carbonyl (C=O) groups excluding carboxylic acids is 1. The standard InChI is InChI=1S/C21H21N3O5/c1-4-14-19(21(26)27)23-24(20(14)16-7-5-6-10-22-16)12-17(25)15-9-8-13(28-2)11-18(15)29-3/h5-11H,4,12H2,1-3H3,(H,26,27). The van der Waals surface area contributed by atoms with E-state index in [1.54, 1.807) is 42.6 Å². The van der Waals surface area contributed by atoms with Gasteiger partial charge in [-0.05, 0) is 30.7 Å². The quantitative estimate of drug-likeness (QED) is 0.585. The number of hydrogen-bond donors (Lipinski definition) is 1. The van der Waals surface area contributed by atoms with Gasteiger partial charge in [-0.1, -0.05) is 13.0 Å². The van der Waals surface area contributed by atoms with Crippen LogP contribution in [0.1, 0.15) is 33.3 Å². The molecule has 0 unspecified atom stereocenters. The number of aromatic nitrogens is 3. The Morgan fingerprint density at radius 3 is 2.52 bits per heavy atom. The molecular formula is C21H21N3O5. The molecule has 1 aromatic carbocycles. The number of ketones is 1. The highest BCUT2D eigenvalue weighted by molar-refractivity contribution is 5.99. The van der Waals surface area contributed by atoms with E-state index in [-0.39, 0.29) is 18.0 Å². The lowest BCUT2D eigenvalue weighted by Gasteiger charge is -2.11. The highest BCUT2D eigenvalue weighted by atomic mass is 16.5. The topological polar surface area (TPSA) is 104 Å². The van der Waals surface area contributed by atoms with Gasteiger partial charge >= 0.3 is 5.97 Å². The first-order valence-corrected chi connectivity index (χ1v) is 8.99. The Bertz CT molecular complexity index is 1040. The molecule has 0 spiro atoms. The molecule has 0 amide bonds. The van der Waals surface area contributed by atoms with Gasteiger partial charge in [0.15, 0.2) is 11.5 Å². The van der Waals surface area contributed by atoms with Crippen molar-refractivity contribution < 1.29 is 24.2 Å². The smallest absolute Gasteiger partial charge is 0.356 e. The van der Waals surface area contributed by atoms with Crippen molar-refractivity contribution in [2.75, 3.05) is 14.2 Å². The molecule has 2 heterocycles. The summed E-state index contributed by atoms with van der Waals surface area (Å²) in [4.78, 5) is 29.0. The molecule has 0 aliphatic carbocycles. The van der Waals surface area contributed by atoms with Gasteiger partial charge in [0.25, 0.3) is 0 Å². The summed E-state index contributed by atoms with van der Waals surface area (Å²) in [5, 5.41) is 13.8. The first kappa shape index (κ1) is 20.1. The zero-order valence-electron chi connectivity index (χ0n) is 16.4. The number of ether oxygens (including phenoxy) is 2. The molecule has 0 aliphatic heterocycles. The van der Waals surface area contributed by atoms with E-state index < -0.39 is 5.97 Å². The van der Waals surface area contributed by atoms with E-state index in [2.05, 4.69) is 10.1 Å². The van der Waals surface area contributed by atoms with E-state index in [9.17, 15) is 14.7 Å². The van der Waals surface area contributed by atoms with Crippen molar-refractivity contribution in [1.29, 1.82) is 0 Å². The van der Waals surface area contributed by atoms with Gasteiger partial charge in [-0.3, -0.25) is 14.5 Å². The van der Waals surface area contributed by atoms with Crippen molar-refractivity contribution in [2.24, 2.45) is 0 Å². The highest BCUT2D eigenvalue weighted by Gasteiger charge is 2.25. The fourth-order valence-corrected chi connectivity index (χ4v) is 3.16. The second kappa shape index (κ2) is 8.55. The van der Waals surface area contributed by atoms with Crippen LogP contribution in [0.3, 0.4) is 0 Å². The Balaban J connectivity index is 2.07. The van der Waals surface area contributed by atoms with Crippen LogP contribution in [0, 0.1) is 0 Å². The lowest BCUT2D eigenvalue weighted by Crippen LogP contribution is -2.15. The van der Waals surface area contributed by atoms with Gasteiger partial charge in [-0.25, -0.2) is 4.79 Å². The van der Waals surface area contributed by atoms with Crippen molar-refractivity contribution in [1.82, 2.24) is 14.8 Å². The molecule has 8 heteroatoms. The number of rotatable bonds is 8. The normalized spacial score (nSPS) is 10.6. The van der Waals surface area contributed by atoms with Crippen molar-refractivity contribution >= 4 is 11.8 Å². The number of aromatic carboxylic acids is 1. The average molecular weight is 395 g/mol. The Morgan fingerprint density at radius 2 is 1.93 bits per heavy atom. The van der Waals surface area contributed by atoms with E-state index >= 15 is 0 Å². The molecule has 1 N–H and O–H groups in total. The summed E-state index contributed by atoms with van der Waals surface area (Å²) >= 11 is 0. The zero-order chi connectivity index (χ0) is 21.0. The van der Waals surface area contributed by atoms with Crippen LogP contribution < -0.4 is 9.47 Å². The predicted octanol–water partition coefficient (Wildman–Crippen LogP) is 3.11. The van der Waals surface area contributed by atoms with Crippen molar-refractivity contribution in [2.45, 2.75) is 19.9 Å². The van der Waals surface area contributed by atoms with Gasteiger partial charge in [0, 0.05) is 17.8 Å². The molecule has 2 aromatic heterocycles. The fourth-order valence-electron chi connectivity index (χ4n) is 3.16. The third-order valence-electron chi connectivity index (χ3n) is 4.52. The van der Waals surface area contributed by atoms with Crippen LogP contribution in [-0.4, -0.2) is 45.8 Å². The number of nitrogens with zero attached hydrogens (tertiary/aromatic N) is 3. The highest BCUT2D eigenvalue weighted by Crippen LogP contribution is 2.28. The molecule has 0 aliphatic rings. The third kappa shape index (κ3) is 3.96. The Hall–Kier alpha value is -3.68. The van der Waals surface area contributed by atoms with Crippen LogP contribution in [-0.2, 0) is 13.0 Å². The largest absolute Gasteiger partial charge is 0.497 e. The van der Waals surface area contributed by atoms with Crippen molar-refractivity contribution in [3.8, 4) is 22.9 Å². The van der Waals surface area contributed by atoms with E-state index in [0.29, 0.717) is 40.4 Å². The molecular weight excluding hydrogens is 374 g/mol. The summed E-state index contributed by atoms with van der Waals surface area (Å²) in [5.41, 5.74) is 1.88. The van der Waals surface area contributed by atoms with E-state index in [1.165, 1.54) is 18.9 Å². The summed E-state index contributed by atoms with van der Waals surface area (Å²) in [7, 11) is 3.00. The lowest BCUT2D eigenvalue weighted by atomic mass is 10.1. The number of methoxy groups -OCH3 is 2. The fraction of sp³-hybridized carbons (Fsp3) is 0.238. The number of hydrogen-bond acceptors (Lipinski definition) is 6. The summed E-state index contributed by atoms with van der Waals surface area (Å²) in [6.07, 6.45) is 2.05. The van der Waals surface area contributed by atoms with E-state index in [0.717, 1.165) is 0 Å². The number of benzene rings is 1. The molecule has 3 aromatic rings. The van der Waals surface area contributed by atoms with Gasteiger partial charge < -0.3 is 14.6 Å². The van der Waals surface area contributed by atoms with Crippen LogP contribution in [0.15, 0.2) is 42.6 Å². The first-order chi connectivity index (χ1) is 14.0.